The molecule has 2 unspecified atom stereocenters. The van der Waals surface area contributed by atoms with Crippen LogP contribution in [-0.2, 0) is 14.8 Å². The number of hydrogen-bond donors (Lipinski definition) is 1. The van der Waals surface area contributed by atoms with Crippen molar-refractivity contribution in [1.29, 1.82) is 0 Å². The van der Waals surface area contributed by atoms with Crippen LogP contribution in [0.4, 0.5) is 0 Å². The Morgan fingerprint density at radius 2 is 1.78 bits per heavy atom. The second-order valence-electron chi connectivity index (χ2n) is 5.28. The molecule has 2 fully saturated rings. The van der Waals surface area contributed by atoms with Crippen LogP contribution < -0.4 is 4.72 Å². The molecule has 0 bridgehead atoms. The molecular formula is C12H22ClNO3S. The number of ether oxygens (including phenoxy) is 1. The maximum atomic E-state index is 12.3. The highest BCUT2D eigenvalue weighted by atomic mass is 35.5. The summed E-state index contributed by atoms with van der Waals surface area (Å²) in [6.45, 7) is 1.10. The Kier molecular flexibility index (Phi) is 5.30. The van der Waals surface area contributed by atoms with E-state index in [1.54, 1.807) is 0 Å². The largest absolute Gasteiger partial charge is 0.381 e. The van der Waals surface area contributed by atoms with E-state index in [4.69, 9.17) is 16.3 Å². The van der Waals surface area contributed by atoms with E-state index in [9.17, 15) is 8.42 Å². The second kappa shape index (κ2) is 6.55. The van der Waals surface area contributed by atoms with Crippen molar-refractivity contribution < 1.29 is 13.2 Å². The molecule has 0 amide bonds. The van der Waals surface area contributed by atoms with Crippen LogP contribution in [0.5, 0.6) is 0 Å². The first-order valence-corrected chi connectivity index (χ1v) is 8.86. The summed E-state index contributed by atoms with van der Waals surface area (Å²) in [6, 6.07) is 0.0316. The summed E-state index contributed by atoms with van der Waals surface area (Å²) < 4.78 is 32.7. The van der Waals surface area contributed by atoms with Crippen molar-refractivity contribution >= 4 is 21.6 Å². The van der Waals surface area contributed by atoms with Gasteiger partial charge in [-0.1, -0.05) is 12.8 Å². The lowest BCUT2D eigenvalue weighted by atomic mass is 9.86. The molecule has 6 heteroatoms. The lowest BCUT2D eigenvalue weighted by Gasteiger charge is -2.32. The van der Waals surface area contributed by atoms with Gasteiger partial charge in [-0.15, -0.1) is 11.6 Å². The van der Waals surface area contributed by atoms with Gasteiger partial charge in [0.25, 0.3) is 0 Å². The Hall–Kier alpha value is 0.160. The van der Waals surface area contributed by atoms with E-state index in [2.05, 4.69) is 4.72 Å². The van der Waals surface area contributed by atoms with E-state index >= 15 is 0 Å². The maximum absolute atomic E-state index is 12.3. The Labute approximate surface area is 114 Å². The van der Waals surface area contributed by atoms with Crippen molar-refractivity contribution in [3.63, 3.8) is 0 Å². The van der Waals surface area contributed by atoms with Crippen molar-refractivity contribution in [2.24, 2.45) is 5.92 Å². The highest BCUT2D eigenvalue weighted by Crippen LogP contribution is 2.27. The number of alkyl halides is 1. The zero-order valence-corrected chi connectivity index (χ0v) is 12.2. The van der Waals surface area contributed by atoms with E-state index in [0.29, 0.717) is 31.9 Å². The fraction of sp³-hybridized carbons (Fsp3) is 1.00. The smallest absolute Gasteiger partial charge is 0.214 e. The first-order chi connectivity index (χ1) is 8.63. The minimum Gasteiger partial charge on any atom is -0.381 e. The molecule has 0 aromatic rings. The van der Waals surface area contributed by atoms with Gasteiger partial charge in [-0.25, -0.2) is 13.1 Å². The zero-order valence-electron chi connectivity index (χ0n) is 10.6. The number of halogens is 1. The average molecular weight is 296 g/mol. The quantitative estimate of drug-likeness (QED) is 0.806. The van der Waals surface area contributed by atoms with E-state index in [1.165, 1.54) is 0 Å². The summed E-state index contributed by atoms with van der Waals surface area (Å²) in [6.07, 6.45) is 5.41. The summed E-state index contributed by atoms with van der Waals surface area (Å²) in [5.74, 6) is 0.830. The fourth-order valence-corrected chi connectivity index (χ4v) is 4.95. The van der Waals surface area contributed by atoms with Crippen LogP contribution >= 0.6 is 11.6 Å². The third kappa shape index (κ3) is 3.59. The normalized spacial score (nSPS) is 31.4. The standard InChI is InChI=1S/C12H22ClNO3S/c13-9-10-3-1-2-4-12(10)14-18(15,16)11-5-7-17-8-6-11/h10-12,14H,1-9H2. The molecule has 2 atom stereocenters. The van der Waals surface area contributed by atoms with E-state index in [0.717, 1.165) is 25.7 Å². The second-order valence-corrected chi connectivity index (χ2v) is 7.58. The van der Waals surface area contributed by atoms with E-state index in [-0.39, 0.29) is 17.2 Å². The Balaban J connectivity index is 1.97. The number of nitrogens with one attached hydrogen (secondary N) is 1. The molecule has 2 aliphatic rings. The van der Waals surface area contributed by atoms with Gasteiger partial charge < -0.3 is 4.74 Å². The Bertz CT molecular complexity index is 354. The number of rotatable bonds is 4. The number of hydrogen-bond acceptors (Lipinski definition) is 3. The minimum atomic E-state index is -3.21. The summed E-state index contributed by atoms with van der Waals surface area (Å²) in [7, 11) is -3.21. The molecule has 1 heterocycles. The third-order valence-corrected chi connectivity index (χ3v) is 6.41. The predicted octanol–water partition coefficient (Wildman–Crippen LogP) is 1.88. The topological polar surface area (TPSA) is 55.4 Å². The average Bonchev–Trinajstić information content (AvgIpc) is 2.40. The Morgan fingerprint density at radius 1 is 1.11 bits per heavy atom. The molecule has 1 saturated carbocycles. The summed E-state index contributed by atoms with van der Waals surface area (Å²) >= 11 is 5.93. The van der Waals surface area contributed by atoms with Gasteiger partial charge in [0.05, 0.1) is 5.25 Å². The van der Waals surface area contributed by atoms with Gasteiger partial charge in [-0.2, -0.15) is 0 Å². The molecule has 0 radical (unpaired) electrons. The van der Waals surface area contributed by atoms with Crippen LogP contribution in [0.15, 0.2) is 0 Å². The van der Waals surface area contributed by atoms with Gasteiger partial charge in [0.15, 0.2) is 0 Å². The molecular weight excluding hydrogens is 274 g/mol. The minimum absolute atomic E-state index is 0.0316. The summed E-state index contributed by atoms with van der Waals surface area (Å²) in [5.41, 5.74) is 0. The molecule has 0 aromatic carbocycles. The van der Waals surface area contributed by atoms with E-state index < -0.39 is 10.0 Å². The lowest BCUT2D eigenvalue weighted by molar-refractivity contribution is 0.0979. The molecule has 4 nitrogen and oxygen atoms in total. The Morgan fingerprint density at radius 3 is 2.44 bits per heavy atom. The monoisotopic (exact) mass is 295 g/mol. The van der Waals surface area contributed by atoms with Gasteiger partial charge in [0.1, 0.15) is 0 Å². The maximum Gasteiger partial charge on any atom is 0.214 e. The van der Waals surface area contributed by atoms with Crippen LogP contribution in [0.3, 0.4) is 0 Å². The highest BCUT2D eigenvalue weighted by molar-refractivity contribution is 7.90. The van der Waals surface area contributed by atoms with Gasteiger partial charge in [-0.05, 0) is 31.6 Å². The molecule has 106 valence electrons. The summed E-state index contributed by atoms with van der Waals surface area (Å²) in [4.78, 5) is 0. The van der Waals surface area contributed by atoms with Gasteiger partial charge in [0.2, 0.25) is 10.0 Å². The van der Waals surface area contributed by atoms with Crippen molar-refractivity contribution in [2.75, 3.05) is 19.1 Å². The molecule has 1 aliphatic heterocycles. The molecule has 0 spiro atoms. The molecule has 1 saturated heterocycles. The predicted molar refractivity (Wildman–Crippen MR) is 72.4 cm³/mol. The lowest BCUT2D eigenvalue weighted by Crippen LogP contribution is -2.47. The van der Waals surface area contributed by atoms with Crippen LogP contribution in [0, 0.1) is 5.92 Å². The fourth-order valence-electron chi connectivity index (χ4n) is 2.84. The molecule has 1 aliphatic carbocycles. The zero-order chi connectivity index (χ0) is 13.0. The van der Waals surface area contributed by atoms with Crippen molar-refractivity contribution in [3.8, 4) is 0 Å². The van der Waals surface area contributed by atoms with Gasteiger partial charge >= 0.3 is 0 Å². The SMILES string of the molecule is O=S(=O)(NC1CCCCC1CCl)C1CCOCC1. The van der Waals surface area contributed by atoms with Crippen molar-refractivity contribution in [3.05, 3.63) is 0 Å². The van der Waals surface area contributed by atoms with Gasteiger partial charge in [0, 0.05) is 25.1 Å². The van der Waals surface area contributed by atoms with Crippen LogP contribution in [0.1, 0.15) is 38.5 Å². The third-order valence-electron chi connectivity index (χ3n) is 4.03. The summed E-state index contributed by atoms with van der Waals surface area (Å²) in [5, 5.41) is -0.288. The van der Waals surface area contributed by atoms with Crippen molar-refractivity contribution in [1.82, 2.24) is 4.72 Å². The molecule has 0 aromatic heterocycles. The molecule has 2 rings (SSSR count). The van der Waals surface area contributed by atoms with Gasteiger partial charge in [-0.3, -0.25) is 0 Å². The van der Waals surface area contributed by atoms with Crippen LogP contribution in [-0.4, -0.2) is 38.8 Å². The van der Waals surface area contributed by atoms with Crippen LogP contribution in [0.25, 0.3) is 0 Å². The molecule has 18 heavy (non-hydrogen) atoms. The van der Waals surface area contributed by atoms with Crippen molar-refractivity contribution in [2.45, 2.75) is 49.8 Å². The van der Waals surface area contributed by atoms with E-state index in [1.807, 2.05) is 0 Å². The first kappa shape index (κ1) is 14.6. The molecule has 1 N–H and O–H groups in total. The van der Waals surface area contributed by atoms with Crippen LogP contribution in [0.2, 0.25) is 0 Å². The number of sulfonamides is 1. The highest BCUT2D eigenvalue weighted by Gasteiger charge is 2.33. The first-order valence-electron chi connectivity index (χ1n) is 6.78.